The number of nitrogens with zero attached hydrogens (tertiary/aromatic N) is 2. The van der Waals surface area contributed by atoms with Crippen LogP contribution in [0.15, 0.2) is 22.7 Å². The second-order valence-corrected chi connectivity index (χ2v) is 6.18. The molecule has 1 aromatic carbocycles. The summed E-state index contributed by atoms with van der Waals surface area (Å²) in [5.41, 5.74) is 1.11. The molecule has 0 amide bonds. The van der Waals surface area contributed by atoms with Crippen molar-refractivity contribution < 1.29 is 4.74 Å². The van der Waals surface area contributed by atoms with Gasteiger partial charge in [0, 0.05) is 16.6 Å². The van der Waals surface area contributed by atoms with Gasteiger partial charge in [-0.2, -0.15) is 0 Å². The van der Waals surface area contributed by atoms with E-state index in [1.807, 2.05) is 19.1 Å². The normalized spacial score (nSPS) is 10.5. The third kappa shape index (κ3) is 4.18. The lowest BCUT2D eigenvalue weighted by atomic mass is 10.2. The van der Waals surface area contributed by atoms with Gasteiger partial charge in [-0.05, 0) is 31.5 Å². The fourth-order valence-electron chi connectivity index (χ4n) is 1.58. The van der Waals surface area contributed by atoms with Gasteiger partial charge in [-0.3, -0.25) is 0 Å². The van der Waals surface area contributed by atoms with E-state index in [0.717, 1.165) is 39.0 Å². The highest BCUT2D eigenvalue weighted by molar-refractivity contribution is 9.10. The van der Waals surface area contributed by atoms with Crippen molar-refractivity contribution in [2.75, 3.05) is 11.9 Å². The molecule has 0 spiro atoms. The minimum absolute atomic E-state index is 0.674. The molecule has 2 rings (SSSR count). The summed E-state index contributed by atoms with van der Waals surface area (Å²) < 4.78 is 6.78. The van der Waals surface area contributed by atoms with Crippen LogP contribution in [0.1, 0.15) is 23.9 Å². The standard InChI is InChI=1S/C13H16BrN3OS/c1-3-6-18-12-5-4-11(14)7-10(12)8-15-13-17-16-9(2)19-13/h4-5,7H,3,6,8H2,1-2H3,(H,15,17). The molecule has 6 heteroatoms. The van der Waals surface area contributed by atoms with Gasteiger partial charge >= 0.3 is 0 Å². The Hall–Kier alpha value is -1.14. The Morgan fingerprint density at radius 1 is 1.37 bits per heavy atom. The van der Waals surface area contributed by atoms with Gasteiger partial charge in [0.05, 0.1) is 6.61 Å². The number of anilines is 1. The average Bonchev–Trinajstić information content (AvgIpc) is 2.81. The molecule has 1 N–H and O–H groups in total. The molecule has 0 saturated carbocycles. The number of halogens is 1. The summed E-state index contributed by atoms with van der Waals surface area (Å²) in [5.74, 6) is 0.916. The van der Waals surface area contributed by atoms with Crippen LogP contribution in [0.3, 0.4) is 0 Å². The summed E-state index contributed by atoms with van der Waals surface area (Å²) in [7, 11) is 0. The Labute approximate surface area is 125 Å². The maximum absolute atomic E-state index is 5.74. The molecule has 0 unspecified atom stereocenters. The zero-order valence-electron chi connectivity index (χ0n) is 10.9. The van der Waals surface area contributed by atoms with E-state index in [1.165, 1.54) is 0 Å². The molecule has 102 valence electrons. The molecule has 1 heterocycles. The second-order valence-electron chi connectivity index (χ2n) is 4.08. The Kier molecular flexibility index (Phi) is 5.15. The predicted molar refractivity (Wildman–Crippen MR) is 81.9 cm³/mol. The topological polar surface area (TPSA) is 47.0 Å². The van der Waals surface area contributed by atoms with Crippen LogP contribution < -0.4 is 10.1 Å². The van der Waals surface area contributed by atoms with E-state index in [0.29, 0.717) is 6.54 Å². The summed E-state index contributed by atoms with van der Waals surface area (Å²) in [6.45, 7) is 5.44. The number of hydrogen-bond donors (Lipinski definition) is 1. The lowest BCUT2D eigenvalue weighted by molar-refractivity contribution is 0.314. The highest BCUT2D eigenvalue weighted by Gasteiger charge is 2.06. The Balaban J connectivity index is 2.06. The highest BCUT2D eigenvalue weighted by Crippen LogP contribution is 2.25. The minimum atomic E-state index is 0.674. The maximum atomic E-state index is 5.74. The first-order chi connectivity index (χ1) is 9.19. The Morgan fingerprint density at radius 3 is 2.89 bits per heavy atom. The molecule has 0 saturated heterocycles. The van der Waals surface area contributed by atoms with Crippen molar-refractivity contribution in [3.05, 3.63) is 33.2 Å². The second kappa shape index (κ2) is 6.86. The van der Waals surface area contributed by atoms with E-state index in [2.05, 4.69) is 44.4 Å². The van der Waals surface area contributed by atoms with Crippen LogP contribution in [-0.2, 0) is 6.54 Å². The summed E-state index contributed by atoms with van der Waals surface area (Å²) in [6, 6.07) is 6.04. The molecule has 0 aliphatic carbocycles. The Bertz CT molecular complexity index is 544. The summed E-state index contributed by atoms with van der Waals surface area (Å²) >= 11 is 5.04. The number of aryl methyl sites for hydroxylation is 1. The molecule has 1 aromatic heterocycles. The van der Waals surface area contributed by atoms with Crippen molar-refractivity contribution in [3.8, 4) is 5.75 Å². The molecule has 0 bridgehead atoms. The molecule has 0 aliphatic heterocycles. The van der Waals surface area contributed by atoms with Gasteiger partial charge in [-0.1, -0.05) is 34.2 Å². The van der Waals surface area contributed by atoms with Crippen molar-refractivity contribution in [1.82, 2.24) is 10.2 Å². The van der Waals surface area contributed by atoms with Crippen LogP contribution in [0.2, 0.25) is 0 Å². The molecular formula is C13H16BrN3OS. The number of aromatic nitrogens is 2. The molecular weight excluding hydrogens is 326 g/mol. The lowest BCUT2D eigenvalue weighted by Crippen LogP contribution is -2.04. The van der Waals surface area contributed by atoms with E-state index in [9.17, 15) is 0 Å². The number of hydrogen-bond acceptors (Lipinski definition) is 5. The van der Waals surface area contributed by atoms with Crippen molar-refractivity contribution >= 4 is 32.4 Å². The first kappa shape index (κ1) is 14.3. The zero-order chi connectivity index (χ0) is 13.7. The van der Waals surface area contributed by atoms with Crippen LogP contribution >= 0.6 is 27.3 Å². The summed E-state index contributed by atoms with van der Waals surface area (Å²) in [6.07, 6.45) is 0.999. The number of benzene rings is 1. The fraction of sp³-hybridized carbons (Fsp3) is 0.385. The highest BCUT2D eigenvalue weighted by atomic mass is 79.9. The Morgan fingerprint density at radius 2 is 2.21 bits per heavy atom. The summed E-state index contributed by atoms with van der Waals surface area (Å²) in [5, 5.41) is 13.1. The van der Waals surface area contributed by atoms with E-state index >= 15 is 0 Å². The van der Waals surface area contributed by atoms with Gasteiger partial charge in [-0.15, -0.1) is 10.2 Å². The van der Waals surface area contributed by atoms with Gasteiger partial charge in [0.2, 0.25) is 5.13 Å². The lowest BCUT2D eigenvalue weighted by Gasteiger charge is -2.11. The van der Waals surface area contributed by atoms with Crippen LogP contribution in [0, 0.1) is 6.92 Å². The fourth-order valence-corrected chi connectivity index (χ4v) is 2.57. The molecule has 4 nitrogen and oxygen atoms in total. The first-order valence-electron chi connectivity index (χ1n) is 6.14. The summed E-state index contributed by atoms with van der Waals surface area (Å²) in [4.78, 5) is 0. The number of ether oxygens (including phenoxy) is 1. The number of nitrogens with one attached hydrogen (secondary N) is 1. The van der Waals surface area contributed by atoms with E-state index in [4.69, 9.17) is 4.74 Å². The van der Waals surface area contributed by atoms with E-state index in [1.54, 1.807) is 11.3 Å². The quantitative estimate of drug-likeness (QED) is 0.862. The molecule has 0 radical (unpaired) electrons. The van der Waals surface area contributed by atoms with E-state index in [-0.39, 0.29) is 0 Å². The van der Waals surface area contributed by atoms with Crippen LogP contribution in [0.5, 0.6) is 5.75 Å². The molecule has 19 heavy (non-hydrogen) atoms. The van der Waals surface area contributed by atoms with Gasteiger partial charge in [-0.25, -0.2) is 0 Å². The minimum Gasteiger partial charge on any atom is -0.493 e. The van der Waals surface area contributed by atoms with E-state index < -0.39 is 0 Å². The van der Waals surface area contributed by atoms with Crippen LogP contribution in [-0.4, -0.2) is 16.8 Å². The SMILES string of the molecule is CCCOc1ccc(Br)cc1CNc1nnc(C)s1. The van der Waals surface area contributed by atoms with Crippen molar-refractivity contribution in [1.29, 1.82) is 0 Å². The average molecular weight is 342 g/mol. The first-order valence-corrected chi connectivity index (χ1v) is 7.75. The third-order valence-electron chi connectivity index (χ3n) is 2.44. The predicted octanol–water partition coefficient (Wildman–Crippen LogP) is 4.01. The van der Waals surface area contributed by atoms with Crippen LogP contribution in [0.25, 0.3) is 0 Å². The molecule has 0 aliphatic rings. The number of rotatable bonds is 6. The smallest absolute Gasteiger partial charge is 0.205 e. The largest absolute Gasteiger partial charge is 0.493 e. The van der Waals surface area contributed by atoms with Crippen molar-refractivity contribution in [3.63, 3.8) is 0 Å². The third-order valence-corrected chi connectivity index (χ3v) is 3.73. The maximum Gasteiger partial charge on any atom is 0.205 e. The van der Waals surface area contributed by atoms with Gasteiger partial charge in [0.15, 0.2) is 0 Å². The van der Waals surface area contributed by atoms with Crippen molar-refractivity contribution in [2.24, 2.45) is 0 Å². The molecule has 2 aromatic rings. The van der Waals surface area contributed by atoms with Crippen LogP contribution in [0.4, 0.5) is 5.13 Å². The van der Waals surface area contributed by atoms with Gasteiger partial charge in [0.1, 0.15) is 10.8 Å². The van der Waals surface area contributed by atoms with Gasteiger partial charge < -0.3 is 10.1 Å². The zero-order valence-corrected chi connectivity index (χ0v) is 13.3. The monoisotopic (exact) mass is 341 g/mol. The van der Waals surface area contributed by atoms with Gasteiger partial charge in [0.25, 0.3) is 0 Å². The molecule has 0 atom stereocenters. The molecule has 0 fully saturated rings. The van der Waals surface area contributed by atoms with Crippen molar-refractivity contribution in [2.45, 2.75) is 26.8 Å².